The minimum atomic E-state index is -0.224. The molecule has 144 valence electrons. The fourth-order valence-electron chi connectivity index (χ4n) is 3.00. The van der Waals surface area contributed by atoms with E-state index in [2.05, 4.69) is 15.1 Å². The molecule has 1 aliphatic rings. The van der Waals surface area contributed by atoms with Crippen LogP contribution in [0.4, 0.5) is 0 Å². The molecule has 3 heterocycles. The average molecular weight is 379 g/mol. The Morgan fingerprint density at radius 1 is 1.21 bits per heavy atom. The fourth-order valence-corrected chi connectivity index (χ4v) is 3.00. The van der Waals surface area contributed by atoms with Gasteiger partial charge in [0.25, 0.3) is 11.4 Å². The monoisotopic (exact) mass is 379 g/mol. The minimum absolute atomic E-state index is 0.136. The number of rotatable bonds is 5. The Hall–Kier alpha value is -3.19. The molecule has 7 heteroatoms. The molecule has 1 N–H and O–H groups in total. The SMILES string of the molecule is CC(C)Oc1ccc(/C=C/c2nc(-c3cc4c([nH]c3=O)CCOC4)no2)cc1. The highest BCUT2D eigenvalue weighted by atomic mass is 16.5. The van der Waals surface area contributed by atoms with Crippen molar-refractivity contribution in [1.29, 1.82) is 0 Å². The Morgan fingerprint density at radius 2 is 2.04 bits per heavy atom. The Balaban J connectivity index is 1.52. The van der Waals surface area contributed by atoms with Crippen LogP contribution in [-0.2, 0) is 17.8 Å². The number of aromatic amines is 1. The van der Waals surface area contributed by atoms with Crippen molar-refractivity contribution in [3.63, 3.8) is 0 Å². The third kappa shape index (κ3) is 4.04. The van der Waals surface area contributed by atoms with Crippen molar-refractivity contribution in [3.8, 4) is 17.1 Å². The van der Waals surface area contributed by atoms with Crippen molar-refractivity contribution < 1.29 is 14.0 Å². The Morgan fingerprint density at radius 3 is 2.82 bits per heavy atom. The molecule has 28 heavy (non-hydrogen) atoms. The zero-order chi connectivity index (χ0) is 19.5. The van der Waals surface area contributed by atoms with E-state index in [9.17, 15) is 4.79 Å². The molecule has 0 fully saturated rings. The van der Waals surface area contributed by atoms with Crippen molar-refractivity contribution in [1.82, 2.24) is 15.1 Å². The summed E-state index contributed by atoms with van der Waals surface area (Å²) in [6.45, 7) is 5.06. The van der Waals surface area contributed by atoms with Gasteiger partial charge in [-0.05, 0) is 49.2 Å². The summed E-state index contributed by atoms with van der Waals surface area (Å²) in [5, 5.41) is 3.94. The second-order valence-corrected chi connectivity index (χ2v) is 6.84. The topological polar surface area (TPSA) is 90.2 Å². The molecule has 4 rings (SSSR count). The standard InChI is InChI=1S/C21H21N3O4/c1-13(2)27-16-6-3-14(4-7-16)5-8-19-23-20(24-28-19)17-11-15-12-26-10-9-18(15)22-21(17)25/h3-8,11,13H,9-10,12H2,1-2H3,(H,22,25)/b8-5+. The fraction of sp³-hybridized carbons (Fsp3) is 0.286. The summed E-state index contributed by atoms with van der Waals surface area (Å²) in [6.07, 6.45) is 4.41. The van der Waals surface area contributed by atoms with Gasteiger partial charge in [-0.1, -0.05) is 17.3 Å². The van der Waals surface area contributed by atoms with Crippen molar-refractivity contribution in [3.05, 3.63) is 63.4 Å². The predicted molar refractivity (Wildman–Crippen MR) is 105 cm³/mol. The molecular formula is C21H21N3O4. The first-order valence-corrected chi connectivity index (χ1v) is 9.20. The Labute approximate surface area is 162 Å². The molecule has 0 unspecified atom stereocenters. The second kappa shape index (κ2) is 7.82. The van der Waals surface area contributed by atoms with Crippen LogP contribution in [0.3, 0.4) is 0 Å². The lowest BCUT2D eigenvalue weighted by molar-refractivity contribution is 0.109. The van der Waals surface area contributed by atoms with Gasteiger partial charge in [0, 0.05) is 18.2 Å². The first-order chi connectivity index (χ1) is 13.6. The lowest BCUT2D eigenvalue weighted by Crippen LogP contribution is -2.19. The quantitative estimate of drug-likeness (QED) is 0.730. The normalized spacial score (nSPS) is 13.8. The zero-order valence-electron chi connectivity index (χ0n) is 15.8. The molecule has 0 saturated heterocycles. The smallest absolute Gasteiger partial charge is 0.259 e. The van der Waals surface area contributed by atoms with Crippen molar-refractivity contribution in [2.24, 2.45) is 0 Å². The molecule has 0 aliphatic carbocycles. The van der Waals surface area contributed by atoms with Gasteiger partial charge in [-0.3, -0.25) is 4.79 Å². The van der Waals surface area contributed by atoms with E-state index in [0.717, 1.165) is 22.6 Å². The van der Waals surface area contributed by atoms with E-state index in [4.69, 9.17) is 14.0 Å². The van der Waals surface area contributed by atoms with Gasteiger partial charge in [-0.15, -0.1) is 0 Å². The van der Waals surface area contributed by atoms with Crippen LogP contribution in [-0.4, -0.2) is 27.8 Å². The van der Waals surface area contributed by atoms with Crippen LogP contribution in [0.15, 0.2) is 39.6 Å². The molecule has 7 nitrogen and oxygen atoms in total. The maximum absolute atomic E-state index is 12.3. The van der Waals surface area contributed by atoms with E-state index in [1.807, 2.05) is 44.2 Å². The number of H-pyrrole nitrogens is 1. The molecular weight excluding hydrogens is 358 g/mol. The largest absolute Gasteiger partial charge is 0.491 e. The molecule has 2 aromatic heterocycles. The molecule has 0 radical (unpaired) electrons. The Bertz CT molecular complexity index is 1050. The molecule has 0 atom stereocenters. The van der Waals surface area contributed by atoms with E-state index in [0.29, 0.717) is 31.1 Å². The summed E-state index contributed by atoms with van der Waals surface area (Å²) in [5.41, 5.74) is 2.99. The third-order valence-electron chi connectivity index (χ3n) is 4.32. The van der Waals surface area contributed by atoms with E-state index in [-0.39, 0.29) is 17.5 Å². The van der Waals surface area contributed by atoms with E-state index in [1.54, 1.807) is 12.1 Å². The highest BCUT2D eigenvalue weighted by Crippen LogP contribution is 2.20. The van der Waals surface area contributed by atoms with E-state index < -0.39 is 0 Å². The zero-order valence-corrected chi connectivity index (χ0v) is 15.8. The maximum Gasteiger partial charge on any atom is 0.259 e. The molecule has 0 spiro atoms. The molecule has 1 aliphatic heterocycles. The van der Waals surface area contributed by atoms with E-state index in [1.165, 1.54) is 0 Å². The van der Waals surface area contributed by atoms with Crippen LogP contribution in [0.5, 0.6) is 5.75 Å². The number of hydrogen-bond donors (Lipinski definition) is 1. The third-order valence-corrected chi connectivity index (χ3v) is 4.32. The first kappa shape index (κ1) is 18.2. The number of benzene rings is 1. The summed E-state index contributed by atoms with van der Waals surface area (Å²) in [7, 11) is 0. The molecule has 0 saturated carbocycles. The summed E-state index contributed by atoms with van der Waals surface area (Å²) < 4.78 is 16.3. The average Bonchev–Trinajstić information content (AvgIpc) is 3.15. The molecule has 0 bridgehead atoms. The van der Waals surface area contributed by atoms with Crippen molar-refractivity contribution in [2.75, 3.05) is 6.61 Å². The van der Waals surface area contributed by atoms with Gasteiger partial charge >= 0.3 is 0 Å². The number of aromatic nitrogens is 3. The van der Waals surface area contributed by atoms with E-state index >= 15 is 0 Å². The van der Waals surface area contributed by atoms with Crippen molar-refractivity contribution in [2.45, 2.75) is 33.0 Å². The highest BCUT2D eigenvalue weighted by Gasteiger charge is 2.17. The molecule has 3 aromatic rings. The second-order valence-electron chi connectivity index (χ2n) is 6.84. The summed E-state index contributed by atoms with van der Waals surface area (Å²) >= 11 is 0. The maximum atomic E-state index is 12.3. The number of nitrogens with one attached hydrogen (secondary N) is 1. The van der Waals surface area contributed by atoms with Gasteiger partial charge in [-0.2, -0.15) is 4.98 Å². The number of pyridine rings is 1. The van der Waals surface area contributed by atoms with Crippen LogP contribution in [0.2, 0.25) is 0 Å². The van der Waals surface area contributed by atoms with Gasteiger partial charge in [0.05, 0.1) is 24.9 Å². The summed E-state index contributed by atoms with van der Waals surface area (Å²) in [5.74, 6) is 1.41. The van der Waals surface area contributed by atoms with Crippen molar-refractivity contribution >= 4 is 12.2 Å². The minimum Gasteiger partial charge on any atom is -0.491 e. The van der Waals surface area contributed by atoms with Gasteiger partial charge in [0.1, 0.15) is 5.75 Å². The van der Waals surface area contributed by atoms with Gasteiger partial charge in [0.15, 0.2) is 0 Å². The van der Waals surface area contributed by atoms with Crippen LogP contribution in [0, 0.1) is 0 Å². The lowest BCUT2D eigenvalue weighted by Gasteiger charge is -2.15. The van der Waals surface area contributed by atoms with Gasteiger partial charge in [0.2, 0.25) is 5.82 Å². The summed E-state index contributed by atoms with van der Waals surface area (Å²) in [4.78, 5) is 19.5. The van der Waals surface area contributed by atoms with Crippen LogP contribution in [0.1, 0.15) is 36.6 Å². The predicted octanol–water partition coefficient (Wildman–Crippen LogP) is 3.46. The number of fused-ring (bicyclic) bond motifs is 1. The summed E-state index contributed by atoms with van der Waals surface area (Å²) in [6, 6.07) is 9.49. The Kier molecular flexibility index (Phi) is 5.08. The highest BCUT2D eigenvalue weighted by molar-refractivity contribution is 5.67. The van der Waals surface area contributed by atoms with Crippen LogP contribution >= 0.6 is 0 Å². The molecule has 0 amide bonds. The first-order valence-electron chi connectivity index (χ1n) is 9.20. The van der Waals surface area contributed by atoms with Gasteiger partial charge in [-0.25, -0.2) is 0 Å². The lowest BCUT2D eigenvalue weighted by atomic mass is 10.1. The molecule has 1 aromatic carbocycles. The van der Waals surface area contributed by atoms with Crippen LogP contribution in [0.25, 0.3) is 23.5 Å². The van der Waals surface area contributed by atoms with Gasteiger partial charge < -0.3 is 19.0 Å². The number of ether oxygens (including phenoxy) is 2. The number of hydrogen-bond acceptors (Lipinski definition) is 6. The van der Waals surface area contributed by atoms with Crippen LogP contribution < -0.4 is 10.3 Å². The number of nitrogens with zero attached hydrogens (tertiary/aromatic N) is 2.